The fourth-order valence-electron chi connectivity index (χ4n) is 5.42. The molecule has 8 nitrogen and oxygen atoms in total. The van der Waals surface area contributed by atoms with Gasteiger partial charge in [-0.3, -0.25) is 9.38 Å². The van der Waals surface area contributed by atoms with Gasteiger partial charge >= 0.3 is 0 Å². The van der Waals surface area contributed by atoms with E-state index in [1.807, 2.05) is 12.4 Å². The van der Waals surface area contributed by atoms with Crippen LogP contribution in [0.2, 0.25) is 0 Å². The molecule has 2 aromatic heterocycles. The molecule has 4 aliphatic rings. The van der Waals surface area contributed by atoms with Gasteiger partial charge in [0.15, 0.2) is 5.65 Å². The molecule has 4 fully saturated rings. The summed E-state index contributed by atoms with van der Waals surface area (Å²) < 4.78 is 35.9. The molecule has 1 N–H and O–H groups in total. The van der Waals surface area contributed by atoms with E-state index in [9.17, 15) is 8.42 Å². The summed E-state index contributed by atoms with van der Waals surface area (Å²) in [4.78, 5) is 11.0. The summed E-state index contributed by atoms with van der Waals surface area (Å²) in [6, 6.07) is 0. The molecular formula is C18H23N5O3S. The Morgan fingerprint density at radius 2 is 2.19 bits per heavy atom. The van der Waals surface area contributed by atoms with E-state index < -0.39 is 10.0 Å². The van der Waals surface area contributed by atoms with E-state index in [-0.39, 0.29) is 22.9 Å². The van der Waals surface area contributed by atoms with E-state index in [1.165, 1.54) is 0 Å². The van der Waals surface area contributed by atoms with Crippen molar-refractivity contribution in [2.45, 2.75) is 42.6 Å². The monoisotopic (exact) mass is 389 g/mol. The molecule has 6 rings (SSSR count). The van der Waals surface area contributed by atoms with Crippen LogP contribution in [0.15, 0.2) is 24.8 Å². The summed E-state index contributed by atoms with van der Waals surface area (Å²) in [7, 11) is -3.15. The number of nitrogens with zero attached hydrogens (tertiary/aromatic N) is 4. The van der Waals surface area contributed by atoms with Gasteiger partial charge in [0.2, 0.25) is 10.0 Å². The first kappa shape index (κ1) is 16.3. The van der Waals surface area contributed by atoms with Crippen LogP contribution in [0, 0.1) is 11.8 Å². The SMILES string of the molecule is O=S(=O)(NC[C@H]1[C@H]2CN(c3cncc4nccn34)C[C@]23CC[C@H]1O3)C1CC1. The van der Waals surface area contributed by atoms with E-state index in [0.29, 0.717) is 12.5 Å². The zero-order valence-corrected chi connectivity index (χ0v) is 15.8. The molecule has 3 saturated heterocycles. The molecule has 0 amide bonds. The standard InChI is InChI=1S/C18H23N5O3S/c24-27(25,12-1-2-12)21-7-13-14-10-22(11-18(14)4-3-15(13)26-18)17-9-19-8-16-20-5-6-23(16)17/h5-6,8-9,12-15,21H,1-4,7,10-11H2/t13-,14+,15+,18+/m0/s1. The normalized spacial score (nSPS) is 35.3. The molecule has 1 aliphatic carbocycles. The predicted octanol–water partition coefficient (Wildman–Crippen LogP) is 0.795. The lowest BCUT2D eigenvalue weighted by Crippen LogP contribution is -2.42. The van der Waals surface area contributed by atoms with Crippen molar-refractivity contribution in [3.63, 3.8) is 0 Å². The maximum Gasteiger partial charge on any atom is 0.214 e. The van der Waals surface area contributed by atoms with Crippen LogP contribution in [-0.2, 0) is 14.8 Å². The molecule has 2 aromatic rings. The van der Waals surface area contributed by atoms with Gasteiger partial charge in [0.25, 0.3) is 0 Å². The number of rotatable bonds is 5. The summed E-state index contributed by atoms with van der Waals surface area (Å²) in [5.74, 6) is 1.61. The number of ether oxygens (including phenoxy) is 1. The first-order valence-electron chi connectivity index (χ1n) is 9.74. The molecule has 27 heavy (non-hydrogen) atoms. The second-order valence-electron chi connectivity index (χ2n) is 8.42. The Bertz CT molecular complexity index is 1000. The van der Waals surface area contributed by atoms with Crippen molar-refractivity contribution in [1.29, 1.82) is 0 Å². The summed E-state index contributed by atoms with van der Waals surface area (Å²) in [6.45, 7) is 2.20. The molecule has 0 radical (unpaired) electrons. The van der Waals surface area contributed by atoms with Gasteiger partial charge in [-0.25, -0.2) is 18.1 Å². The van der Waals surface area contributed by atoms with Crippen molar-refractivity contribution >= 4 is 21.5 Å². The first-order valence-corrected chi connectivity index (χ1v) is 11.3. The maximum absolute atomic E-state index is 12.3. The van der Waals surface area contributed by atoms with Crippen molar-refractivity contribution in [3.8, 4) is 0 Å². The molecule has 0 unspecified atom stereocenters. The van der Waals surface area contributed by atoms with E-state index in [0.717, 1.165) is 50.2 Å². The highest BCUT2D eigenvalue weighted by atomic mass is 32.2. The lowest BCUT2D eigenvalue weighted by atomic mass is 9.74. The quantitative estimate of drug-likeness (QED) is 0.814. The number of hydrogen-bond donors (Lipinski definition) is 1. The van der Waals surface area contributed by atoms with E-state index in [4.69, 9.17) is 4.74 Å². The van der Waals surface area contributed by atoms with Gasteiger partial charge in [-0.1, -0.05) is 0 Å². The van der Waals surface area contributed by atoms with Crippen molar-refractivity contribution in [2.24, 2.45) is 11.8 Å². The predicted molar refractivity (Wildman–Crippen MR) is 99.0 cm³/mol. The number of aromatic nitrogens is 3. The van der Waals surface area contributed by atoms with Crippen molar-refractivity contribution < 1.29 is 13.2 Å². The molecule has 5 heterocycles. The van der Waals surface area contributed by atoms with Crippen LogP contribution in [0.25, 0.3) is 5.65 Å². The molecule has 3 aliphatic heterocycles. The van der Waals surface area contributed by atoms with Crippen LogP contribution >= 0.6 is 0 Å². The second-order valence-corrected chi connectivity index (χ2v) is 10.5. The van der Waals surface area contributed by atoms with Crippen LogP contribution < -0.4 is 9.62 Å². The molecular weight excluding hydrogens is 366 g/mol. The average Bonchev–Trinajstić information content (AvgIpc) is 3.03. The Morgan fingerprint density at radius 1 is 1.30 bits per heavy atom. The Morgan fingerprint density at radius 3 is 3.04 bits per heavy atom. The van der Waals surface area contributed by atoms with Gasteiger partial charge in [-0.15, -0.1) is 0 Å². The highest BCUT2D eigenvalue weighted by Crippen LogP contribution is 2.55. The number of fused-ring (bicyclic) bond motifs is 2. The Kier molecular flexibility index (Phi) is 3.27. The summed E-state index contributed by atoms with van der Waals surface area (Å²) in [5, 5.41) is -0.170. The van der Waals surface area contributed by atoms with E-state index in [1.54, 1.807) is 12.4 Å². The fraction of sp³-hybridized carbons (Fsp3) is 0.667. The number of nitrogens with one attached hydrogen (secondary N) is 1. The van der Waals surface area contributed by atoms with Gasteiger partial charge in [0, 0.05) is 43.9 Å². The lowest BCUT2D eigenvalue weighted by molar-refractivity contribution is 0.0142. The van der Waals surface area contributed by atoms with Crippen molar-refractivity contribution in [2.75, 3.05) is 24.5 Å². The van der Waals surface area contributed by atoms with Gasteiger partial charge in [-0.05, 0) is 25.7 Å². The second kappa shape index (κ2) is 5.42. The third kappa shape index (κ3) is 2.37. The third-order valence-electron chi connectivity index (χ3n) is 6.89. The summed E-state index contributed by atoms with van der Waals surface area (Å²) in [5.41, 5.74) is 0.685. The molecule has 9 heteroatoms. The highest BCUT2D eigenvalue weighted by molar-refractivity contribution is 7.90. The molecule has 1 spiro atoms. The summed E-state index contributed by atoms with van der Waals surface area (Å²) >= 11 is 0. The van der Waals surface area contributed by atoms with Crippen LogP contribution in [0.1, 0.15) is 25.7 Å². The number of sulfonamides is 1. The minimum absolute atomic E-state index is 0.150. The number of hydrogen-bond acceptors (Lipinski definition) is 6. The zero-order valence-electron chi connectivity index (χ0n) is 15.0. The molecule has 4 atom stereocenters. The highest BCUT2D eigenvalue weighted by Gasteiger charge is 2.63. The number of anilines is 1. The van der Waals surface area contributed by atoms with Crippen LogP contribution in [0.5, 0.6) is 0 Å². The minimum atomic E-state index is -3.15. The molecule has 1 saturated carbocycles. The van der Waals surface area contributed by atoms with Gasteiger partial charge < -0.3 is 9.64 Å². The van der Waals surface area contributed by atoms with Crippen LogP contribution in [0.3, 0.4) is 0 Å². The Balaban J connectivity index is 1.26. The van der Waals surface area contributed by atoms with Gasteiger partial charge in [0.1, 0.15) is 5.82 Å². The van der Waals surface area contributed by atoms with E-state index >= 15 is 0 Å². The largest absolute Gasteiger partial charge is 0.369 e. The van der Waals surface area contributed by atoms with Crippen molar-refractivity contribution in [1.82, 2.24) is 19.1 Å². The van der Waals surface area contributed by atoms with Crippen LogP contribution in [0.4, 0.5) is 5.82 Å². The molecule has 0 aromatic carbocycles. The third-order valence-corrected chi connectivity index (χ3v) is 8.81. The number of imidazole rings is 1. The van der Waals surface area contributed by atoms with Gasteiger partial charge in [0.05, 0.1) is 29.3 Å². The zero-order chi connectivity index (χ0) is 18.2. The Labute approximate surface area is 158 Å². The smallest absolute Gasteiger partial charge is 0.214 e. The topological polar surface area (TPSA) is 88.8 Å². The first-order chi connectivity index (χ1) is 13.1. The summed E-state index contributed by atoms with van der Waals surface area (Å²) in [6.07, 6.45) is 11.2. The molecule has 2 bridgehead atoms. The molecule has 144 valence electrons. The maximum atomic E-state index is 12.3. The Hall–Kier alpha value is -1.71. The van der Waals surface area contributed by atoms with E-state index in [2.05, 4.69) is 24.0 Å². The minimum Gasteiger partial charge on any atom is -0.369 e. The van der Waals surface area contributed by atoms with Crippen LogP contribution in [-0.4, -0.2) is 59.4 Å². The lowest BCUT2D eigenvalue weighted by Gasteiger charge is -2.29. The van der Waals surface area contributed by atoms with Gasteiger partial charge in [-0.2, -0.15) is 0 Å². The fourth-order valence-corrected chi connectivity index (χ4v) is 6.83. The average molecular weight is 389 g/mol. The van der Waals surface area contributed by atoms with Crippen molar-refractivity contribution in [3.05, 3.63) is 24.8 Å².